The zero-order chi connectivity index (χ0) is 23.8. The van der Waals surface area contributed by atoms with Gasteiger partial charge in [-0.15, -0.1) is 11.3 Å². The molecule has 1 aromatic heterocycles. The number of fused-ring (bicyclic) bond motifs is 1. The standard InChI is InChI=1S/C26H26ClN3O3S/c1-33-21-15-19(8-9-20(21)23(25(28)31)29-11-2-3-12-29)30-13-10-17-14-22(34-24(17)26(30)32)16-4-6-18(27)7-5-16/h4-9,14-15,23H,2-3,10-13H2,1H3,(H2,28,31). The van der Waals surface area contributed by atoms with Gasteiger partial charge >= 0.3 is 0 Å². The number of likely N-dealkylation sites (tertiary alicyclic amines) is 1. The molecule has 34 heavy (non-hydrogen) atoms. The first-order valence-electron chi connectivity index (χ1n) is 11.4. The topological polar surface area (TPSA) is 75.9 Å². The highest BCUT2D eigenvalue weighted by Gasteiger charge is 2.32. The Hall–Kier alpha value is -2.87. The number of carbonyl (C=O) groups excluding carboxylic acids is 2. The number of halogens is 1. The van der Waals surface area contributed by atoms with Crippen LogP contribution in [-0.2, 0) is 11.2 Å². The van der Waals surface area contributed by atoms with Crippen molar-refractivity contribution in [3.8, 4) is 16.2 Å². The van der Waals surface area contributed by atoms with Crippen LogP contribution in [0.25, 0.3) is 10.4 Å². The summed E-state index contributed by atoms with van der Waals surface area (Å²) in [6.45, 7) is 2.25. The smallest absolute Gasteiger partial charge is 0.268 e. The fourth-order valence-electron chi connectivity index (χ4n) is 4.88. The van der Waals surface area contributed by atoms with Crippen molar-refractivity contribution in [2.45, 2.75) is 25.3 Å². The molecule has 1 fully saturated rings. The lowest BCUT2D eigenvalue weighted by molar-refractivity contribution is -0.123. The van der Waals surface area contributed by atoms with Crippen molar-refractivity contribution in [1.29, 1.82) is 0 Å². The van der Waals surface area contributed by atoms with Gasteiger partial charge in [0.2, 0.25) is 5.91 Å². The Labute approximate surface area is 207 Å². The van der Waals surface area contributed by atoms with Crippen molar-refractivity contribution in [3.63, 3.8) is 0 Å². The molecule has 8 heteroatoms. The van der Waals surface area contributed by atoms with Gasteiger partial charge in [-0.25, -0.2) is 0 Å². The van der Waals surface area contributed by atoms with Crippen LogP contribution in [0.1, 0.15) is 39.7 Å². The summed E-state index contributed by atoms with van der Waals surface area (Å²) in [4.78, 5) is 31.5. The Kier molecular flexibility index (Phi) is 6.34. The second-order valence-corrected chi connectivity index (χ2v) is 10.1. The summed E-state index contributed by atoms with van der Waals surface area (Å²) in [6, 6.07) is 14.8. The highest BCUT2D eigenvalue weighted by atomic mass is 35.5. The number of anilines is 1. The maximum absolute atomic E-state index is 13.4. The van der Waals surface area contributed by atoms with Gasteiger partial charge in [0.1, 0.15) is 11.8 Å². The minimum absolute atomic E-state index is 0.0211. The highest BCUT2D eigenvalue weighted by molar-refractivity contribution is 7.17. The molecule has 2 aromatic carbocycles. The number of primary amides is 1. The molecular weight excluding hydrogens is 470 g/mol. The first-order valence-corrected chi connectivity index (χ1v) is 12.6. The fourth-order valence-corrected chi connectivity index (χ4v) is 6.17. The first kappa shape index (κ1) is 22.9. The van der Waals surface area contributed by atoms with E-state index < -0.39 is 6.04 Å². The number of nitrogens with two attached hydrogens (primary N) is 1. The van der Waals surface area contributed by atoms with E-state index in [0.717, 1.165) is 64.5 Å². The molecule has 176 valence electrons. The summed E-state index contributed by atoms with van der Waals surface area (Å²) < 4.78 is 5.66. The SMILES string of the molecule is COc1cc(N2CCc3cc(-c4ccc(Cl)cc4)sc3C2=O)ccc1C(C(N)=O)N1CCCC1. The zero-order valence-electron chi connectivity index (χ0n) is 18.9. The van der Waals surface area contributed by atoms with Crippen LogP contribution in [0.4, 0.5) is 5.69 Å². The van der Waals surface area contributed by atoms with Gasteiger partial charge in [-0.1, -0.05) is 29.8 Å². The molecule has 2 aliphatic rings. The Balaban J connectivity index is 1.44. The second kappa shape index (κ2) is 9.41. The predicted molar refractivity (Wildman–Crippen MR) is 136 cm³/mol. The van der Waals surface area contributed by atoms with Crippen LogP contribution in [0.3, 0.4) is 0 Å². The van der Waals surface area contributed by atoms with Crippen molar-refractivity contribution in [3.05, 3.63) is 69.6 Å². The quantitative estimate of drug-likeness (QED) is 0.527. The minimum Gasteiger partial charge on any atom is -0.496 e. The lowest BCUT2D eigenvalue weighted by atomic mass is 10.0. The minimum atomic E-state index is -0.533. The van der Waals surface area contributed by atoms with Crippen LogP contribution in [0.5, 0.6) is 5.75 Å². The summed E-state index contributed by atoms with van der Waals surface area (Å²) >= 11 is 7.53. The molecule has 3 heterocycles. The molecule has 1 saturated heterocycles. The number of methoxy groups -OCH3 is 1. The molecule has 0 bridgehead atoms. The highest BCUT2D eigenvalue weighted by Crippen LogP contribution is 2.39. The van der Waals surface area contributed by atoms with Gasteiger partial charge in [-0.2, -0.15) is 0 Å². The maximum atomic E-state index is 13.4. The number of thiophene rings is 1. The number of benzene rings is 2. The van der Waals surface area contributed by atoms with Crippen molar-refractivity contribution in [2.75, 3.05) is 31.6 Å². The van der Waals surface area contributed by atoms with Crippen molar-refractivity contribution in [1.82, 2.24) is 4.90 Å². The van der Waals surface area contributed by atoms with E-state index in [1.54, 1.807) is 12.0 Å². The molecule has 0 aliphatic carbocycles. The van der Waals surface area contributed by atoms with E-state index in [9.17, 15) is 9.59 Å². The van der Waals surface area contributed by atoms with Gasteiger partial charge in [0.15, 0.2) is 0 Å². The fraction of sp³-hybridized carbons (Fsp3) is 0.308. The lowest BCUT2D eigenvalue weighted by Gasteiger charge is -2.29. The number of rotatable bonds is 6. The van der Waals surface area contributed by atoms with Crippen molar-refractivity contribution in [2.24, 2.45) is 5.73 Å². The van der Waals surface area contributed by atoms with Gasteiger partial charge in [-0.3, -0.25) is 14.5 Å². The van der Waals surface area contributed by atoms with E-state index in [1.165, 1.54) is 11.3 Å². The van der Waals surface area contributed by atoms with E-state index in [1.807, 2.05) is 42.5 Å². The molecule has 6 nitrogen and oxygen atoms in total. The van der Waals surface area contributed by atoms with Crippen molar-refractivity contribution < 1.29 is 14.3 Å². The van der Waals surface area contributed by atoms with Gasteiger partial charge < -0.3 is 15.4 Å². The average molecular weight is 496 g/mol. The Bertz CT molecular complexity index is 1230. The molecule has 5 rings (SSSR count). The Morgan fingerprint density at radius 3 is 2.50 bits per heavy atom. The van der Waals surface area contributed by atoms with E-state index in [2.05, 4.69) is 11.0 Å². The summed E-state index contributed by atoms with van der Waals surface area (Å²) in [5, 5.41) is 0.688. The molecule has 0 radical (unpaired) electrons. The van der Waals surface area contributed by atoms with Gasteiger partial charge in [0.05, 0.1) is 12.0 Å². The molecular formula is C26H26ClN3O3S. The molecule has 0 saturated carbocycles. The molecule has 1 unspecified atom stereocenters. The number of carbonyl (C=O) groups is 2. The summed E-state index contributed by atoms with van der Waals surface area (Å²) in [7, 11) is 1.58. The van der Waals surface area contributed by atoms with Crippen LogP contribution < -0.4 is 15.4 Å². The van der Waals surface area contributed by atoms with Gasteiger partial charge in [0, 0.05) is 33.8 Å². The van der Waals surface area contributed by atoms with E-state index in [0.29, 0.717) is 17.3 Å². The van der Waals surface area contributed by atoms with Crippen molar-refractivity contribution >= 4 is 40.4 Å². The third-order valence-electron chi connectivity index (χ3n) is 6.58. The second-order valence-electron chi connectivity index (χ2n) is 8.65. The third kappa shape index (κ3) is 4.19. The number of hydrogen-bond acceptors (Lipinski definition) is 5. The van der Waals surface area contributed by atoms with Gasteiger partial charge in [-0.05, 0) is 67.7 Å². The molecule has 2 N–H and O–H groups in total. The normalized spacial score (nSPS) is 17.0. The van der Waals surface area contributed by atoms with Crippen LogP contribution in [0.2, 0.25) is 5.02 Å². The maximum Gasteiger partial charge on any atom is 0.268 e. The Morgan fingerprint density at radius 1 is 1.09 bits per heavy atom. The molecule has 0 spiro atoms. The zero-order valence-corrected chi connectivity index (χ0v) is 20.5. The number of amides is 2. The van der Waals surface area contributed by atoms with Crippen LogP contribution >= 0.6 is 22.9 Å². The average Bonchev–Trinajstić information content (AvgIpc) is 3.51. The van der Waals surface area contributed by atoms with Gasteiger partial charge in [0.25, 0.3) is 5.91 Å². The summed E-state index contributed by atoms with van der Waals surface area (Å²) in [5.74, 6) is 0.159. The molecule has 3 aromatic rings. The van der Waals surface area contributed by atoms with Crippen LogP contribution in [0.15, 0.2) is 48.5 Å². The molecule has 2 amide bonds. The summed E-state index contributed by atoms with van der Waals surface area (Å²) in [5.41, 5.74) is 9.40. The lowest BCUT2D eigenvalue weighted by Crippen LogP contribution is -2.37. The number of hydrogen-bond donors (Lipinski definition) is 1. The van der Waals surface area contributed by atoms with Crippen LogP contribution in [0, 0.1) is 0 Å². The Morgan fingerprint density at radius 2 is 1.82 bits per heavy atom. The first-order chi connectivity index (χ1) is 16.5. The van der Waals surface area contributed by atoms with E-state index >= 15 is 0 Å². The largest absolute Gasteiger partial charge is 0.496 e. The van der Waals surface area contributed by atoms with E-state index in [4.69, 9.17) is 22.1 Å². The predicted octanol–water partition coefficient (Wildman–Crippen LogP) is 4.90. The molecule has 2 aliphatic heterocycles. The molecule has 1 atom stereocenters. The number of ether oxygens (including phenoxy) is 1. The summed E-state index contributed by atoms with van der Waals surface area (Å²) in [6.07, 6.45) is 2.87. The van der Waals surface area contributed by atoms with Crippen LogP contribution in [-0.4, -0.2) is 43.5 Å². The number of nitrogens with zero attached hydrogens (tertiary/aromatic N) is 2. The third-order valence-corrected chi connectivity index (χ3v) is 8.05. The monoisotopic (exact) mass is 495 g/mol. The van der Waals surface area contributed by atoms with E-state index in [-0.39, 0.29) is 11.8 Å².